The zero-order valence-corrected chi connectivity index (χ0v) is 13.4. The van der Waals surface area contributed by atoms with Crippen molar-refractivity contribution in [3.8, 4) is 0 Å². The molecule has 3 unspecified atom stereocenters. The highest BCUT2D eigenvalue weighted by Gasteiger charge is 2.66. The normalized spacial score (nSPS) is 34.0. The maximum absolute atomic E-state index is 12.7. The number of oxazole rings is 1. The molecule has 3 atom stereocenters. The van der Waals surface area contributed by atoms with Gasteiger partial charge in [-0.15, -0.1) is 0 Å². The van der Waals surface area contributed by atoms with Crippen LogP contribution in [-0.2, 0) is 4.79 Å². The Morgan fingerprint density at radius 2 is 2.05 bits per heavy atom. The van der Waals surface area contributed by atoms with Gasteiger partial charge in [-0.3, -0.25) is 4.79 Å². The first-order valence-electron chi connectivity index (χ1n) is 7.49. The molecule has 2 aliphatic rings. The van der Waals surface area contributed by atoms with Crippen LogP contribution in [0.25, 0.3) is 11.1 Å². The predicted molar refractivity (Wildman–Crippen MR) is 83.3 cm³/mol. The fourth-order valence-electron chi connectivity index (χ4n) is 4.18. The SMILES string of the molecule is CC1(C)C2CCC1(C)C(Sc1nc3ccccc3o1)C2=O. The average molecular weight is 301 g/mol. The minimum atomic E-state index is -0.0284. The molecule has 0 aliphatic heterocycles. The van der Waals surface area contributed by atoms with Crippen LogP contribution in [0, 0.1) is 16.7 Å². The van der Waals surface area contributed by atoms with Crippen LogP contribution in [0.5, 0.6) is 0 Å². The molecule has 1 aromatic carbocycles. The summed E-state index contributed by atoms with van der Waals surface area (Å²) >= 11 is 1.52. The van der Waals surface area contributed by atoms with Gasteiger partial charge in [0.05, 0.1) is 5.25 Å². The third-order valence-electron chi connectivity index (χ3n) is 5.97. The number of benzene rings is 1. The average Bonchev–Trinajstić information content (AvgIpc) is 2.98. The van der Waals surface area contributed by atoms with Gasteiger partial charge in [0.15, 0.2) is 11.4 Å². The van der Waals surface area contributed by atoms with Gasteiger partial charge in [0.2, 0.25) is 0 Å². The molecule has 4 heteroatoms. The molecule has 2 aliphatic carbocycles. The second kappa shape index (κ2) is 4.13. The van der Waals surface area contributed by atoms with Crippen LogP contribution in [0.2, 0.25) is 0 Å². The first-order valence-corrected chi connectivity index (χ1v) is 8.37. The van der Waals surface area contributed by atoms with Gasteiger partial charge in [-0.2, -0.15) is 0 Å². The highest BCUT2D eigenvalue weighted by molar-refractivity contribution is 8.00. The number of hydrogen-bond acceptors (Lipinski definition) is 4. The van der Waals surface area contributed by atoms with Gasteiger partial charge in [-0.1, -0.05) is 44.7 Å². The van der Waals surface area contributed by atoms with E-state index in [9.17, 15) is 4.79 Å². The lowest BCUT2D eigenvalue weighted by Gasteiger charge is -2.37. The third kappa shape index (κ3) is 1.62. The molecule has 2 saturated carbocycles. The number of carbonyl (C=O) groups is 1. The largest absolute Gasteiger partial charge is 0.431 e. The number of ketones is 1. The van der Waals surface area contributed by atoms with Crippen molar-refractivity contribution in [1.82, 2.24) is 4.98 Å². The van der Waals surface area contributed by atoms with Crippen molar-refractivity contribution in [3.05, 3.63) is 24.3 Å². The van der Waals surface area contributed by atoms with Crippen LogP contribution < -0.4 is 0 Å². The quantitative estimate of drug-likeness (QED) is 0.829. The number of hydrogen-bond donors (Lipinski definition) is 0. The summed E-state index contributed by atoms with van der Waals surface area (Å²) in [5.74, 6) is 0.588. The van der Waals surface area contributed by atoms with Crippen LogP contribution in [0.3, 0.4) is 0 Å². The van der Waals surface area contributed by atoms with E-state index in [1.54, 1.807) is 0 Å². The number of carbonyl (C=O) groups excluding carboxylic acids is 1. The summed E-state index contributed by atoms with van der Waals surface area (Å²) in [6, 6.07) is 7.75. The summed E-state index contributed by atoms with van der Waals surface area (Å²) in [5.41, 5.74) is 1.77. The van der Waals surface area contributed by atoms with Crippen molar-refractivity contribution in [2.24, 2.45) is 16.7 Å². The summed E-state index contributed by atoms with van der Waals surface area (Å²) < 4.78 is 5.80. The molecular weight excluding hydrogens is 282 g/mol. The van der Waals surface area contributed by atoms with E-state index in [1.807, 2.05) is 24.3 Å². The Morgan fingerprint density at radius 3 is 2.71 bits per heavy atom. The summed E-state index contributed by atoms with van der Waals surface area (Å²) in [7, 11) is 0. The van der Waals surface area contributed by atoms with Gasteiger partial charge in [0.1, 0.15) is 5.52 Å². The van der Waals surface area contributed by atoms with Crippen molar-refractivity contribution in [2.75, 3.05) is 0 Å². The molecule has 2 fully saturated rings. The fraction of sp³-hybridized carbons (Fsp3) is 0.529. The maximum atomic E-state index is 12.7. The van der Waals surface area contributed by atoms with Crippen molar-refractivity contribution in [1.29, 1.82) is 0 Å². The lowest BCUT2D eigenvalue weighted by atomic mass is 9.71. The van der Waals surface area contributed by atoms with Crippen molar-refractivity contribution >= 4 is 28.6 Å². The van der Waals surface area contributed by atoms with Crippen molar-refractivity contribution < 1.29 is 9.21 Å². The van der Waals surface area contributed by atoms with Gasteiger partial charge in [0.25, 0.3) is 5.22 Å². The van der Waals surface area contributed by atoms with E-state index in [1.165, 1.54) is 11.8 Å². The lowest BCUT2D eigenvalue weighted by molar-refractivity contribution is -0.122. The molecule has 0 N–H and O–H groups in total. The van der Waals surface area contributed by atoms with Gasteiger partial charge in [-0.05, 0) is 35.8 Å². The lowest BCUT2D eigenvalue weighted by Crippen LogP contribution is -2.35. The Morgan fingerprint density at radius 1 is 1.29 bits per heavy atom. The fourth-order valence-corrected chi connectivity index (χ4v) is 5.63. The van der Waals surface area contributed by atoms with E-state index in [-0.39, 0.29) is 22.0 Å². The number of aromatic nitrogens is 1. The van der Waals surface area contributed by atoms with E-state index in [4.69, 9.17) is 4.42 Å². The zero-order chi connectivity index (χ0) is 14.8. The topological polar surface area (TPSA) is 43.1 Å². The Hall–Kier alpha value is -1.29. The molecule has 2 aromatic rings. The van der Waals surface area contributed by atoms with Gasteiger partial charge in [-0.25, -0.2) is 4.98 Å². The number of nitrogens with zero attached hydrogens (tertiary/aromatic N) is 1. The maximum Gasteiger partial charge on any atom is 0.257 e. The van der Waals surface area contributed by atoms with Crippen LogP contribution in [0.15, 0.2) is 33.9 Å². The molecule has 1 heterocycles. The Kier molecular flexibility index (Phi) is 2.63. The number of fused-ring (bicyclic) bond motifs is 3. The van der Waals surface area contributed by atoms with E-state index in [2.05, 4.69) is 25.8 Å². The van der Waals surface area contributed by atoms with Crippen LogP contribution in [-0.4, -0.2) is 16.0 Å². The second-order valence-electron chi connectivity index (χ2n) is 7.08. The molecule has 110 valence electrons. The smallest absolute Gasteiger partial charge is 0.257 e. The van der Waals surface area contributed by atoms with E-state index in [0.717, 1.165) is 23.9 Å². The molecular formula is C17H19NO2S. The first-order chi connectivity index (χ1) is 9.93. The highest BCUT2D eigenvalue weighted by Crippen LogP contribution is 2.67. The molecule has 0 amide bonds. The monoisotopic (exact) mass is 301 g/mol. The first kappa shape index (κ1) is 13.4. The van der Waals surface area contributed by atoms with Gasteiger partial charge < -0.3 is 4.42 Å². The van der Waals surface area contributed by atoms with Crippen LogP contribution in [0.1, 0.15) is 33.6 Å². The summed E-state index contributed by atoms with van der Waals surface area (Å²) in [4.78, 5) is 17.2. The van der Waals surface area contributed by atoms with E-state index in [0.29, 0.717) is 11.0 Å². The molecule has 21 heavy (non-hydrogen) atoms. The van der Waals surface area contributed by atoms with Crippen molar-refractivity contribution in [2.45, 2.75) is 44.1 Å². The molecule has 2 bridgehead atoms. The number of rotatable bonds is 2. The van der Waals surface area contributed by atoms with E-state index >= 15 is 0 Å². The summed E-state index contributed by atoms with van der Waals surface area (Å²) in [6.07, 6.45) is 2.15. The minimum absolute atomic E-state index is 0.0284. The van der Waals surface area contributed by atoms with E-state index < -0.39 is 0 Å². The molecule has 0 spiro atoms. The minimum Gasteiger partial charge on any atom is -0.431 e. The summed E-state index contributed by atoms with van der Waals surface area (Å²) in [5, 5.41) is 0.596. The van der Waals surface area contributed by atoms with Crippen LogP contribution >= 0.6 is 11.8 Å². The standard InChI is InChI=1S/C17H19NO2S/c1-16(2)10-8-9-17(16,3)14(13(10)19)21-15-18-11-6-4-5-7-12(11)20-15/h4-7,10,14H,8-9H2,1-3H3. The molecule has 0 radical (unpaired) electrons. The molecule has 0 saturated heterocycles. The number of Topliss-reactive ketones (excluding diaryl/α,β-unsaturated/α-hetero) is 1. The Balaban J connectivity index is 1.70. The number of thioether (sulfide) groups is 1. The molecule has 3 nitrogen and oxygen atoms in total. The molecule has 1 aromatic heterocycles. The Labute approximate surface area is 128 Å². The van der Waals surface area contributed by atoms with Gasteiger partial charge in [0, 0.05) is 5.92 Å². The van der Waals surface area contributed by atoms with Crippen molar-refractivity contribution in [3.63, 3.8) is 0 Å². The Bertz CT molecular complexity index is 702. The zero-order valence-electron chi connectivity index (χ0n) is 12.6. The second-order valence-corrected chi connectivity index (χ2v) is 8.13. The number of para-hydroxylation sites is 2. The highest BCUT2D eigenvalue weighted by atomic mass is 32.2. The van der Waals surface area contributed by atoms with Gasteiger partial charge >= 0.3 is 0 Å². The van der Waals surface area contributed by atoms with Crippen LogP contribution in [0.4, 0.5) is 0 Å². The predicted octanol–water partition coefficient (Wildman–Crippen LogP) is 4.31. The molecule has 4 rings (SSSR count). The summed E-state index contributed by atoms with van der Waals surface area (Å²) in [6.45, 7) is 6.75. The third-order valence-corrected chi connectivity index (χ3v) is 7.33.